The van der Waals surface area contributed by atoms with Gasteiger partial charge in [0.1, 0.15) is 5.56 Å². The number of benzene rings is 2. The van der Waals surface area contributed by atoms with Crippen LogP contribution >= 0.6 is 27.7 Å². The number of aromatic carboxylic acids is 1. The minimum absolute atomic E-state index is 0.0768. The van der Waals surface area contributed by atoms with Crippen LogP contribution in [0, 0.1) is 0 Å². The molecule has 0 aliphatic heterocycles. The first-order chi connectivity index (χ1) is 16.3. The molecule has 0 aliphatic rings. The van der Waals surface area contributed by atoms with E-state index in [2.05, 4.69) is 25.9 Å². The summed E-state index contributed by atoms with van der Waals surface area (Å²) in [6.45, 7) is -0.265. The van der Waals surface area contributed by atoms with E-state index in [1.807, 2.05) is 30.5 Å². The Morgan fingerprint density at radius 3 is 2.09 bits per heavy atom. The first-order valence-electron chi connectivity index (χ1n) is 9.60. The van der Waals surface area contributed by atoms with Crippen molar-refractivity contribution in [3.63, 3.8) is 0 Å². The summed E-state index contributed by atoms with van der Waals surface area (Å²) in [5.74, 6) is -1.03. The van der Waals surface area contributed by atoms with Crippen LogP contribution in [0.4, 0.5) is 26.3 Å². The third-order valence-corrected chi connectivity index (χ3v) is 5.62. The average Bonchev–Trinajstić information content (AvgIpc) is 2.78. The molecule has 0 bridgehead atoms. The molecule has 188 valence electrons. The smallest absolute Gasteiger partial charge is 0.416 e. The molecule has 2 N–H and O–H groups in total. The number of aromatic nitrogens is 2. The van der Waals surface area contributed by atoms with E-state index < -0.39 is 29.4 Å². The largest absolute Gasteiger partial charge is 0.677 e. The number of carboxylic acids is 1. The van der Waals surface area contributed by atoms with E-state index in [4.69, 9.17) is 5.73 Å². The number of halogens is 7. The highest BCUT2D eigenvalue weighted by molar-refractivity contribution is 9.10. The molecule has 13 heteroatoms. The second kappa shape index (κ2) is 11.9. The van der Waals surface area contributed by atoms with E-state index in [0.29, 0.717) is 23.0 Å². The van der Waals surface area contributed by atoms with Crippen molar-refractivity contribution in [2.75, 3.05) is 12.8 Å². The van der Waals surface area contributed by atoms with E-state index in [1.165, 1.54) is 18.0 Å². The van der Waals surface area contributed by atoms with Crippen molar-refractivity contribution in [1.29, 1.82) is 0 Å². The van der Waals surface area contributed by atoms with Crippen LogP contribution in [0.2, 0.25) is 0 Å². The summed E-state index contributed by atoms with van der Waals surface area (Å²) in [5.41, 5.74) is 5.28. The van der Waals surface area contributed by atoms with Gasteiger partial charge in [-0.15, -0.1) is 6.54 Å². The molecule has 0 atom stereocenters. The van der Waals surface area contributed by atoms with E-state index in [9.17, 15) is 36.2 Å². The third kappa shape index (κ3) is 7.94. The first-order valence-corrected chi connectivity index (χ1v) is 11.6. The first kappa shape index (κ1) is 28.6. The summed E-state index contributed by atoms with van der Waals surface area (Å²) < 4.78 is 75.0. The Balaban J connectivity index is 0.000000247. The number of hydrogen-bond donors (Lipinski definition) is 1. The van der Waals surface area contributed by atoms with Crippen LogP contribution in [-0.4, -0.2) is 33.8 Å². The standard InChI is InChI=1S/C12H9BrN2O2S.C10H8F6N/c1-18-12-14-6-8(11(16)17)10(15-12)7-4-2-3-5-9(7)13;11-9(12,13)7-3-6(1-2-17)4-8(5-7)10(14,15)16/h2-6H,1H3,(H,16,17);3-5,17H,1-2H2/q;-1. The molecule has 0 unspecified atom stereocenters. The molecule has 3 rings (SSSR count). The van der Waals surface area contributed by atoms with Gasteiger partial charge in [-0.05, 0) is 42.5 Å². The van der Waals surface area contributed by atoms with Crippen molar-refractivity contribution < 1.29 is 36.2 Å². The quantitative estimate of drug-likeness (QED) is 0.190. The van der Waals surface area contributed by atoms with Gasteiger partial charge in [0, 0.05) is 16.2 Å². The molecule has 2 aromatic carbocycles. The van der Waals surface area contributed by atoms with Crippen LogP contribution in [0.3, 0.4) is 0 Å². The maximum absolute atomic E-state index is 12.4. The molecular formula is C22H17BrF6N3O2S-. The highest BCUT2D eigenvalue weighted by Crippen LogP contribution is 2.36. The van der Waals surface area contributed by atoms with Gasteiger partial charge in [0.2, 0.25) is 0 Å². The Kier molecular flexibility index (Phi) is 9.69. The maximum atomic E-state index is 12.4. The van der Waals surface area contributed by atoms with E-state index in [0.717, 1.165) is 10.0 Å². The molecule has 5 nitrogen and oxygen atoms in total. The number of carbonyl (C=O) groups is 1. The van der Waals surface area contributed by atoms with Crippen molar-refractivity contribution in [1.82, 2.24) is 9.97 Å². The van der Waals surface area contributed by atoms with Gasteiger partial charge in [-0.25, -0.2) is 14.8 Å². The SMILES string of the molecule is CSc1ncc(C(=O)O)c(-c2ccccc2Br)n1.[NH-]CCc1cc(C(F)(F)F)cc(C(F)(F)F)c1. The summed E-state index contributed by atoms with van der Waals surface area (Å²) in [7, 11) is 0. The zero-order chi connectivity index (χ0) is 26.4. The zero-order valence-electron chi connectivity index (χ0n) is 17.8. The summed E-state index contributed by atoms with van der Waals surface area (Å²) in [6, 6.07) is 8.74. The third-order valence-electron chi connectivity index (χ3n) is 4.37. The van der Waals surface area contributed by atoms with Crippen molar-refractivity contribution >= 4 is 33.7 Å². The van der Waals surface area contributed by atoms with Crippen LogP contribution in [0.15, 0.2) is 58.3 Å². The Labute approximate surface area is 208 Å². The van der Waals surface area contributed by atoms with Gasteiger partial charge in [-0.1, -0.05) is 45.9 Å². The fraction of sp³-hybridized carbons (Fsp3) is 0.227. The number of carboxylic acid groups (broad SMARTS) is 1. The summed E-state index contributed by atoms with van der Waals surface area (Å²) in [4.78, 5) is 19.5. The number of hydrogen-bond acceptors (Lipinski definition) is 4. The number of nitrogens with one attached hydrogen (secondary N) is 1. The number of rotatable bonds is 5. The maximum Gasteiger partial charge on any atom is 0.416 e. The van der Waals surface area contributed by atoms with Crippen molar-refractivity contribution in [2.45, 2.75) is 23.9 Å². The summed E-state index contributed by atoms with van der Waals surface area (Å²) in [6.07, 6.45) is -6.60. The fourth-order valence-corrected chi connectivity index (χ4v) is 3.60. The molecule has 1 aromatic heterocycles. The lowest BCUT2D eigenvalue weighted by Gasteiger charge is -2.14. The van der Waals surface area contributed by atoms with Gasteiger partial charge < -0.3 is 10.8 Å². The van der Waals surface area contributed by atoms with Crippen molar-refractivity contribution in [3.05, 3.63) is 81.1 Å². The minimum Gasteiger partial charge on any atom is -0.677 e. The van der Waals surface area contributed by atoms with Crippen molar-refractivity contribution in [2.24, 2.45) is 0 Å². The van der Waals surface area contributed by atoms with Crippen LogP contribution in [-0.2, 0) is 18.8 Å². The average molecular weight is 581 g/mol. The summed E-state index contributed by atoms with van der Waals surface area (Å²) >= 11 is 4.78. The fourth-order valence-electron chi connectivity index (χ4n) is 2.79. The zero-order valence-corrected chi connectivity index (χ0v) is 20.2. The Morgan fingerprint density at radius 2 is 1.63 bits per heavy atom. The van der Waals surface area contributed by atoms with Gasteiger partial charge in [0.15, 0.2) is 5.16 Å². The van der Waals surface area contributed by atoms with Crippen LogP contribution < -0.4 is 0 Å². The molecule has 1 heterocycles. The Bertz CT molecular complexity index is 1160. The molecule has 0 radical (unpaired) electrons. The monoisotopic (exact) mass is 580 g/mol. The molecule has 0 amide bonds. The van der Waals surface area contributed by atoms with Crippen LogP contribution in [0.1, 0.15) is 27.0 Å². The molecule has 0 fully saturated rings. The minimum atomic E-state index is -4.82. The number of thioether (sulfide) groups is 1. The molecule has 0 spiro atoms. The van der Waals surface area contributed by atoms with Gasteiger partial charge in [0.25, 0.3) is 0 Å². The van der Waals surface area contributed by atoms with Gasteiger partial charge in [-0.3, -0.25) is 0 Å². The highest BCUT2D eigenvalue weighted by Gasteiger charge is 2.36. The van der Waals surface area contributed by atoms with Gasteiger partial charge in [0.05, 0.1) is 16.8 Å². The van der Waals surface area contributed by atoms with Gasteiger partial charge >= 0.3 is 18.3 Å². The molecule has 0 aliphatic carbocycles. The van der Waals surface area contributed by atoms with E-state index >= 15 is 0 Å². The molecule has 0 saturated heterocycles. The van der Waals surface area contributed by atoms with Gasteiger partial charge in [-0.2, -0.15) is 26.3 Å². The molecule has 35 heavy (non-hydrogen) atoms. The number of nitrogens with zero attached hydrogens (tertiary/aromatic N) is 2. The molecule has 0 saturated carbocycles. The lowest BCUT2D eigenvalue weighted by atomic mass is 10.0. The van der Waals surface area contributed by atoms with Crippen LogP contribution in [0.25, 0.3) is 17.0 Å². The van der Waals surface area contributed by atoms with Crippen LogP contribution in [0.5, 0.6) is 0 Å². The predicted molar refractivity (Wildman–Crippen MR) is 123 cm³/mol. The van der Waals surface area contributed by atoms with E-state index in [1.54, 1.807) is 0 Å². The topological polar surface area (TPSA) is 86.9 Å². The predicted octanol–water partition coefficient (Wildman–Crippen LogP) is 7.65. The lowest BCUT2D eigenvalue weighted by Crippen LogP contribution is -2.12. The number of alkyl halides is 6. The molecular weight excluding hydrogens is 564 g/mol. The second-order valence-electron chi connectivity index (χ2n) is 6.82. The normalized spacial score (nSPS) is 11.6. The Hall–Kier alpha value is -2.64. The second-order valence-corrected chi connectivity index (χ2v) is 8.45. The molecule has 3 aromatic rings. The van der Waals surface area contributed by atoms with E-state index in [-0.39, 0.29) is 30.2 Å². The Morgan fingerprint density at radius 1 is 1.06 bits per heavy atom. The lowest BCUT2D eigenvalue weighted by molar-refractivity contribution is -0.143. The highest BCUT2D eigenvalue weighted by atomic mass is 79.9. The summed E-state index contributed by atoms with van der Waals surface area (Å²) in [5, 5.41) is 9.73. The van der Waals surface area contributed by atoms with Crippen molar-refractivity contribution in [3.8, 4) is 11.3 Å².